The number of hydrogen-bond acceptors (Lipinski definition) is 4. The van der Waals surface area contributed by atoms with Gasteiger partial charge in [-0.1, -0.05) is 30.3 Å². The van der Waals surface area contributed by atoms with Crippen LogP contribution in [0.3, 0.4) is 0 Å². The highest BCUT2D eigenvalue weighted by Gasteiger charge is 2.49. The first-order valence-electron chi connectivity index (χ1n) is 12.9. The van der Waals surface area contributed by atoms with Gasteiger partial charge in [0.2, 0.25) is 17.7 Å². The topological polar surface area (TPSA) is 98.8 Å². The van der Waals surface area contributed by atoms with Crippen molar-refractivity contribution in [3.63, 3.8) is 0 Å². The van der Waals surface area contributed by atoms with Crippen LogP contribution in [0.5, 0.6) is 0 Å². The molecule has 0 spiro atoms. The molecule has 1 saturated heterocycles. The van der Waals surface area contributed by atoms with Gasteiger partial charge in [-0.15, -0.1) is 0 Å². The second-order valence-corrected chi connectivity index (χ2v) is 9.70. The number of rotatable bonds is 7. The van der Waals surface area contributed by atoms with Gasteiger partial charge in [-0.25, -0.2) is 8.78 Å². The summed E-state index contributed by atoms with van der Waals surface area (Å²) in [6.07, 6.45) is 0.143. The first-order chi connectivity index (χ1) is 19.1. The Morgan fingerprint density at radius 2 is 1.52 bits per heavy atom. The van der Waals surface area contributed by atoms with E-state index >= 15 is 0 Å². The quantitative estimate of drug-likeness (QED) is 0.461. The van der Waals surface area contributed by atoms with Crippen LogP contribution in [0.15, 0.2) is 72.8 Å². The fourth-order valence-electron chi connectivity index (χ4n) is 4.90. The molecule has 3 aromatic rings. The number of amides is 4. The molecular weight excluding hydrogens is 518 g/mol. The molecule has 1 aliphatic heterocycles. The van der Waals surface area contributed by atoms with Crippen molar-refractivity contribution in [2.24, 2.45) is 0 Å². The number of hydrogen-bond donors (Lipinski definition) is 2. The normalized spacial score (nSPS) is 14.2. The third kappa shape index (κ3) is 6.17. The molecule has 1 heterocycles. The molecule has 4 amide bonds. The number of carbonyl (C=O) groups excluding carboxylic acids is 4. The Kier molecular flexibility index (Phi) is 8.57. The van der Waals surface area contributed by atoms with Crippen LogP contribution in [-0.2, 0) is 20.9 Å². The van der Waals surface area contributed by atoms with Gasteiger partial charge < -0.3 is 15.5 Å². The van der Waals surface area contributed by atoms with Gasteiger partial charge >= 0.3 is 0 Å². The lowest BCUT2D eigenvalue weighted by Crippen LogP contribution is -2.65. The van der Waals surface area contributed by atoms with Gasteiger partial charge in [-0.3, -0.25) is 24.1 Å². The molecule has 4 rings (SSSR count). The Labute approximate surface area is 231 Å². The third-order valence-electron chi connectivity index (χ3n) is 7.00. The van der Waals surface area contributed by atoms with Crippen molar-refractivity contribution in [1.82, 2.24) is 10.2 Å². The number of benzene rings is 3. The highest BCUT2D eigenvalue weighted by atomic mass is 19.2. The van der Waals surface area contributed by atoms with Gasteiger partial charge in [0.25, 0.3) is 5.91 Å². The predicted molar refractivity (Wildman–Crippen MR) is 146 cm³/mol. The van der Waals surface area contributed by atoms with Crippen LogP contribution in [0, 0.1) is 11.6 Å². The Hall–Kier alpha value is -4.60. The molecule has 0 bridgehead atoms. The van der Waals surface area contributed by atoms with Gasteiger partial charge in [-0.2, -0.15) is 0 Å². The maximum Gasteiger partial charge on any atom is 0.259 e. The van der Waals surface area contributed by atoms with Crippen molar-refractivity contribution in [2.75, 3.05) is 23.3 Å². The third-order valence-corrected chi connectivity index (χ3v) is 7.00. The largest absolute Gasteiger partial charge is 0.350 e. The molecule has 208 valence electrons. The summed E-state index contributed by atoms with van der Waals surface area (Å²) in [6, 6.07) is 18.3. The van der Waals surface area contributed by atoms with Crippen LogP contribution in [0.2, 0.25) is 0 Å². The fourth-order valence-corrected chi connectivity index (χ4v) is 4.90. The number of likely N-dealkylation sites (tertiary alicyclic amines) is 1. The molecule has 2 N–H and O–H groups in total. The lowest BCUT2D eigenvalue weighted by atomic mass is 9.83. The number of anilines is 2. The average molecular weight is 549 g/mol. The van der Waals surface area contributed by atoms with E-state index in [9.17, 15) is 28.0 Å². The summed E-state index contributed by atoms with van der Waals surface area (Å²) in [7, 11) is 0. The summed E-state index contributed by atoms with van der Waals surface area (Å²) >= 11 is 0. The minimum absolute atomic E-state index is 0.000901. The molecule has 0 unspecified atom stereocenters. The van der Waals surface area contributed by atoms with Gasteiger partial charge in [0.1, 0.15) is 5.54 Å². The number of nitrogens with one attached hydrogen (secondary N) is 2. The zero-order valence-electron chi connectivity index (χ0n) is 22.2. The van der Waals surface area contributed by atoms with Gasteiger partial charge in [0.05, 0.1) is 0 Å². The fraction of sp³-hybridized carbons (Fsp3) is 0.267. The molecule has 1 aliphatic rings. The van der Waals surface area contributed by atoms with E-state index in [0.717, 1.165) is 17.7 Å². The van der Waals surface area contributed by atoms with Crippen molar-refractivity contribution < 1.29 is 28.0 Å². The van der Waals surface area contributed by atoms with E-state index in [4.69, 9.17) is 0 Å². The van der Waals surface area contributed by atoms with E-state index in [-0.39, 0.29) is 55.5 Å². The SMILES string of the molecule is CC(=O)Nc1ccc(C(=O)N(c2ccc(F)c(F)c2)C2(C(=O)NCc3ccccc3)CCN(C(C)=O)CC2)cc1. The molecule has 10 heteroatoms. The molecule has 0 atom stereocenters. The minimum atomic E-state index is -1.52. The Morgan fingerprint density at radius 1 is 0.875 bits per heavy atom. The standard InChI is InChI=1S/C30H30F2N4O4/c1-20(37)34-24-10-8-23(9-11-24)28(39)36(25-12-13-26(31)27(32)18-25)30(14-16-35(17-15-30)21(2)38)29(40)33-19-22-6-4-3-5-7-22/h3-13,18H,14-17,19H2,1-2H3,(H,33,40)(H,34,37). The summed E-state index contributed by atoms with van der Waals surface area (Å²) in [5.41, 5.74) is -0.0396. The molecule has 3 aromatic carbocycles. The molecule has 0 aromatic heterocycles. The van der Waals surface area contributed by atoms with Gasteiger partial charge in [0.15, 0.2) is 11.6 Å². The molecule has 0 radical (unpaired) electrons. The monoisotopic (exact) mass is 548 g/mol. The molecule has 0 saturated carbocycles. The van der Waals surface area contributed by atoms with Gasteiger partial charge in [0, 0.05) is 56.5 Å². The van der Waals surface area contributed by atoms with E-state index in [2.05, 4.69) is 10.6 Å². The summed E-state index contributed by atoms with van der Waals surface area (Å²) in [4.78, 5) is 54.5. The summed E-state index contributed by atoms with van der Waals surface area (Å²) < 4.78 is 28.4. The van der Waals surface area contributed by atoms with Crippen molar-refractivity contribution in [3.8, 4) is 0 Å². The van der Waals surface area contributed by atoms with E-state index in [1.54, 1.807) is 17.0 Å². The summed E-state index contributed by atoms with van der Waals surface area (Å²) in [5, 5.41) is 5.54. The predicted octanol–water partition coefficient (Wildman–Crippen LogP) is 4.27. The maximum absolute atomic E-state index is 14.5. The smallest absolute Gasteiger partial charge is 0.259 e. The molecule has 8 nitrogen and oxygen atoms in total. The van der Waals surface area contributed by atoms with Crippen LogP contribution < -0.4 is 15.5 Å². The maximum atomic E-state index is 14.5. The van der Waals surface area contributed by atoms with Crippen LogP contribution >= 0.6 is 0 Å². The van der Waals surface area contributed by atoms with Crippen molar-refractivity contribution in [1.29, 1.82) is 0 Å². The average Bonchev–Trinajstić information content (AvgIpc) is 2.94. The Bertz CT molecular complexity index is 1400. The summed E-state index contributed by atoms with van der Waals surface area (Å²) in [6.45, 7) is 3.33. The zero-order valence-corrected chi connectivity index (χ0v) is 22.2. The molecule has 0 aliphatic carbocycles. The van der Waals surface area contributed by atoms with Crippen LogP contribution in [0.25, 0.3) is 0 Å². The van der Waals surface area contributed by atoms with E-state index < -0.39 is 29.0 Å². The lowest BCUT2D eigenvalue weighted by molar-refractivity contribution is -0.135. The first kappa shape index (κ1) is 28.4. The second kappa shape index (κ2) is 12.1. The van der Waals surface area contributed by atoms with Crippen molar-refractivity contribution in [2.45, 2.75) is 38.8 Å². The number of carbonyl (C=O) groups is 4. The van der Waals surface area contributed by atoms with Crippen molar-refractivity contribution >= 4 is 35.0 Å². The number of piperidine rings is 1. The Morgan fingerprint density at radius 3 is 2.10 bits per heavy atom. The number of halogens is 2. The first-order valence-corrected chi connectivity index (χ1v) is 12.9. The molecule has 40 heavy (non-hydrogen) atoms. The van der Waals surface area contributed by atoms with Crippen LogP contribution in [0.1, 0.15) is 42.6 Å². The second-order valence-electron chi connectivity index (χ2n) is 9.70. The van der Waals surface area contributed by atoms with Crippen LogP contribution in [-0.4, -0.2) is 47.2 Å². The summed E-state index contributed by atoms with van der Waals surface area (Å²) in [5.74, 6) is -3.81. The minimum Gasteiger partial charge on any atom is -0.350 e. The van der Waals surface area contributed by atoms with E-state index in [1.165, 1.54) is 36.9 Å². The van der Waals surface area contributed by atoms with Crippen molar-refractivity contribution in [3.05, 3.63) is 95.6 Å². The Balaban J connectivity index is 1.78. The zero-order chi connectivity index (χ0) is 28.9. The molecule has 1 fully saturated rings. The lowest BCUT2D eigenvalue weighted by Gasteiger charge is -2.47. The van der Waals surface area contributed by atoms with E-state index in [1.807, 2.05) is 30.3 Å². The highest BCUT2D eigenvalue weighted by Crippen LogP contribution is 2.36. The number of nitrogens with zero attached hydrogens (tertiary/aromatic N) is 2. The van der Waals surface area contributed by atoms with Gasteiger partial charge in [-0.05, 0) is 54.8 Å². The molecular formula is C30H30F2N4O4. The van der Waals surface area contributed by atoms with Crippen LogP contribution in [0.4, 0.5) is 20.2 Å². The highest BCUT2D eigenvalue weighted by molar-refractivity contribution is 6.12. The van der Waals surface area contributed by atoms with E-state index in [0.29, 0.717) is 5.69 Å².